The van der Waals surface area contributed by atoms with E-state index in [2.05, 4.69) is 0 Å². The van der Waals surface area contributed by atoms with Crippen LogP contribution < -0.4 is 9.47 Å². The molecule has 0 amide bonds. The van der Waals surface area contributed by atoms with Gasteiger partial charge in [-0.1, -0.05) is 12.1 Å². The molecule has 2 aliphatic rings. The fourth-order valence-electron chi connectivity index (χ4n) is 3.48. The first-order valence-electron chi connectivity index (χ1n) is 9.06. The predicted octanol–water partition coefficient (Wildman–Crippen LogP) is 0.982. The summed E-state index contributed by atoms with van der Waals surface area (Å²) >= 11 is 0. The summed E-state index contributed by atoms with van der Waals surface area (Å²) in [6, 6.07) is 9.63. The van der Waals surface area contributed by atoms with Gasteiger partial charge >= 0.3 is 0 Å². The van der Waals surface area contributed by atoms with Crippen LogP contribution in [0.5, 0.6) is 23.0 Å². The lowest BCUT2D eigenvalue weighted by Gasteiger charge is -2.36. The zero-order valence-electron chi connectivity index (χ0n) is 14.9. The van der Waals surface area contributed by atoms with Crippen molar-refractivity contribution in [1.82, 2.24) is 0 Å². The number of phenols is 2. The number of rotatable bonds is 3. The molecule has 4 rings (SSSR count). The summed E-state index contributed by atoms with van der Waals surface area (Å²) in [6.07, 6.45) is -4.20. The number of aliphatic hydroxyl groups excluding tert-OH is 3. The van der Waals surface area contributed by atoms with Gasteiger partial charge in [0.1, 0.15) is 47.4 Å². The third-order valence-corrected chi connectivity index (χ3v) is 5.04. The van der Waals surface area contributed by atoms with E-state index in [9.17, 15) is 25.5 Å². The Labute approximate surface area is 161 Å². The van der Waals surface area contributed by atoms with Crippen molar-refractivity contribution in [3.05, 3.63) is 47.5 Å². The zero-order chi connectivity index (χ0) is 19.8. The summed E-state index contributed by atoms with van der Waals surface area (Å²) < 4.78 is 17.0. The Bertz CT molecular complexity index is 837. The van der Waals surface area contributed by atoms with Crippen LogP contribution in [0.4, 0.5) is 0 Å². The van der Waals surface area contributed by atoms with Crippen LogP contribution in [0, 0.1) is 0 Å². The molecule has 28 heavy (non-hydrogen) atoms. The minimum Gasteiger partial charge on any atom is -0.508 e. The largest absolute Gasteiger partial charge is 0.508 e. The molecule has 2 aromatic rings. The fourth-order valence-corrected chi connectivity index (χ4v) is 3.48. The highest BCUT2D eigenvalue weighted by Gasteiger charge is 2.39. The van der Waals surface area contributed by atoms with Crippen LogP contribution in [0.2, 0.25) is 0 Å². The Balaban J connectivity index is 1.56. The second-order valence-electron chi connectivity index (χ2n) is 7.03. The number of hydrogen-bond donors (Lipinski definition) is 5. The molecule has 5 atom stereocenters. The van der Waals surface area contributed by atoms with Crippen molar-refractivity contribution in [2.75, 3.05) is 6.61 Å². The molecule has 1 saturated heterocycles. The summed E-state index contributed by atoms with van der Waals surface area (Å²) in [7, 11) is 0. The SMILES string of the molecule is Oc1ccc([C@@H]2CCc3c(O[C@@H]4OC[C@@H](O)[C@H](O)C4O)cc(O)cc3O2)cc1. The van der Waals surface area contributed by atoms with E-state index in [1.807, 2.05) is 0 Å². The van der Waals surface area contributed by atoms with Crippen LogP contribution in [-0.2, 0) is 11.2 Å². The van der Waals surface area contributed by atoms with Crippen LogP contribution in [0.1, 0.15) is 23.7 Å². The summed E-state index contributed by atoms with van der Waals surface area (Å²) in [5.41, 5.74) is 1.61. The average molecular weight is 390 g/mol. The van der Waals surface area contributed by atoms with Crippen molar-refractivity contribution in [2.24, 2.45) is 0 Å². The number of ether oxygens (including phenoxy) is 3. The number of phenolic OH excluding ortho intramolecular Hbond substituents is 2. The van der Waals surface area contributed by atoms with Gasteiger partial charge in [0.05, 0.1) is 6.61 Å². The second-order valence-corrected chi connectivity index (χ2v) is 7.03. The quantitative estimate of drug-likeness (QED) is 0.525. The molecule has 5 N–H and O–H groups in total. The van der Waals surface area contributed by atoms with E-state index in [1.54, 1.807) is 24.3 Å². The molecular weight excluding hydrogens is 368 g/mol. The Morgan fingerprint density at radius 1 is 0.929 bits per heavy atom. The highest BCUT2D eigenvalue weighted by Crippen LogP contribution is 2.43. The molecule has 1 unspecified atom stereocenters. The number of benzene rings is 2. The molecule has 0 saturated carbocycles. The molecule has 0 bridgehead atoms. The summed E-state index contributed by atoms with van der Waals surface area (Å²) in [6.45, 7) is -0.177. The third-order valence-electron chi connectivity index (χ3n) is 5.04. The van der Waals surface area contributed by atoms with E-state index in [0.29, 0.717) is 24.2 Å². The van der Waals surface area contributed by atoms with Gasteiger partial charge in [-0.15, -0.1) is 0 Å². The average Bonchev–Trinajstić information content (AvgIpc) is 2.68. The van der Waals surface area contributed by atoms with Gasteiger partial charge in [0.15, 0.2) is 0 Å². The lowest BCUT2D eigenvalue weighted by atomic mass is 9.96. The first kappa shape index (κ1) is 18.8. The fraction of sp³-hybridized carbons (Fsp3) is 0.400. The molecule has 2 aromatic carbocycles. The van der Waals surface area contributed by atoms with Crippen molar-refractivity contribution in [2.45, 2.75) is 43.5 Å². The molecule has 0 spiro atoms. The van der Waals surface area contributed by atoms with Gasteiger partial charge in [0, 0.05) is 17.7 Å². The van der Waals surface area contributed by atoms with Gasteiger partial charge in [0.25, 0.3) is 0 Å². The molecule has 150 valence electrons. The van der Waals surface area contributed by atoms with Crippen LogP contribution in [0.3, 0.4) is 0 Å². The first-order valence-corrected chi connectivity index (χ1v) is 9.06. The van der Waals surface area contributed by atoms with Crippen LogP contribution in [0.25, 0.3) is 0 Å². The maximum absolute atomic E-state index is 10.1. The number of fused-ring (bicyclic) bond motifs is 1. The maximum Gasteiger partial charge on any atom is 0.228 e. The normalized spacial score (nSPS) is 29.6. The van der Waals surface area contributed by atoms with Crippen molar-refractivity contribution in [1.29, 1.82) is 0 Å². The summed E-state index contributed by atoms with van der Waals surface area (Å²) in [5.74, 6) is 0.828. The van der Waals surface area contributed by atoms with Crippen molar-refractivity contribution in [3.63, 3.8) is 0 Å². The molecule has 2 aliphatic heterocycles. The van der Waals surface area contributed by atoms with E-state index in [4.69, 9.17) is 14.2 Å². The molecule has 2 heterocycles. The second kappa shape index (κ2) is 7.48. The summed E-state index contributed by atoms with van der Waals surface area (Å²) in [4.78, 5) is 0. The van der Waals surface area contributed by atoms with E-state index < -0.39 is 24.6 Å². The van der Waals surface area contributed by atoms with Gasteiger partial charge in [-0.3, -0.25) is 0 Å². The van der Waals surface area contributed by atoms with Crippen LogP contribution >= 0.6 is 0 Å². The number of aromatic hydroxyl groups is 2. The minimum absolute atomic E-state index is 0.0778. The first-order chi connectivity index (χ1) is 13.4. The summed E-state index contributed by atoms with van der Waals surface area (Å²) in [5, 5.41) is 49.0. The predicted molar refractivity (Wildman–Crippen MR) is 96.3 cm³/mol. The number of hydrogen-bond acceptors (Lipinski definition) is 8. The van der Waals surface area contributed by atoms with Crippen LogP contribution in [0.15, 0.2) is 36.4 Å². The molecule has 8 nitrogen and oxygen atoms in total. The maximum atomic E-state index is 10.1. The Morgan fingerprint density at radius 3 is 2.43 bits per heavy atom. The Kier molecular flexibility index (Phi) is 5.03. The van der Waals surface area contributed by atoms with E-state index >= 15 is 0 Å². The van der Waals surface area contributed by atoms with Crippen LogP contribution in [-0.4, -0.2) is 56.7 Å². The van der Waals surface area contributed by atoms with Gasteiger partial charge in [-0.2, -0.15) is 0 Å². The van der Waals surface area contributed by atoms with Gasteiger partial charge < -0.3 is 39.7 Å². The molecule has 0 aromatic heterocycles. The molecule has 8 heteroatoms. The lowest BCUT2D eigenvalue weighted by Crippen LogP contribution is -2.54. The van der Waals surface area contributed by atoms with E-state index in [1.165, 1.54) is 12.1 Å². The smallest absolute Gasteiger partial charge is 0.228 e. The van der Waals surface area contributed by atoms with Crippen molar-refractivity contribution >= 4 is 0 Å². The van der Waals surface area contributed by atoms with Gasteiger partial charge in [-0.05, 0) is 30.5 Å². The van der Waals surface area contributed by atoms with Gasteiger partial charge in [-0.25, -0.2) is 0 Å². The standard InChI is InChI=1S/C20H22O8/c21-11-3-1-10(2-4-11)15-6-5-13-16(27-15)7-12(22)8-17(13)28-20-19(25)18(24)14(23)9-26-20/h1-4,7-8,14-15,18-25H,5-6,9H2/t14-,15+,18+,19?,20+/m1/s1. The zero-order valence-corrected chi connectivity index (χ0v) is 14.9. The molecule has 0 aliphatic carbocycles. The lowest BCUT2D eigenvalue weighted by molar-refractivity contribution is -0.242. The molecule has 1 fully saturated rings. The topological polar surface area (TPSA) is 129 Å². The highest BCUT2D eigenvalue weighted by atomic mass is 16.7. The molecule has 0 radical (unpaired) electrons. The van der Waals surface area contributed by atoms with Crippen molar-refractivity contribution in [3.8, 4) is 23.0 Å². The van der Waals surface area contributed by atoms with Gasteiger partial charge in [0.2, 0.25) is 6.29 Å². The number of aliphatic hydroxyl groups is 3. The van der Waals surface area contributed by atoms with E-state index in [0.717, 1.165) is 5.56 Å². The monoisotopic (exact) mass is 390 g/mol. The Morgan fingerprint density at radius 2 is 1.68 bits per heavy atom. The minimum atomic E-state index is -1.43. The molecular formula is C20H22O8. The van der Waals surface area contributed by atoms with Crippen molar-refractivity contribution < 1.29 is 39.7 Å². The Hall–Kier alpha value is -2.52. The third kappa shape index (κ3) is 3.59. The highest BCUT2D eigenvalue weighted by molar-refractivity contribution is 5.51. The van der Waals surface area contributed by atoms with E-state index in [-0.39, 0.29) is 30.0 Å².